The minimum atomic E-state index is -0.126. The third kappa shape index (κ3) is 6.15. The van der Waals surface area contributed by atoms with Gasteiger partial charge in [-0.2, -0.15) is 11.3 Å². The van der Waals surface area contributed by atoms with E-state index in [0.29, 0.717) is 18.5 Å². The maximum Gasteiger partial charge on any atom is 0.251 e. The third-order valence-corrected chi connectivity index (χ3v) is 6.08. The summed E-state index contributed by atoms with van der Waals surface area (Å²) in [6.07, 6.45) is 0.344. The van der Waals surface area contributed by atoms with E-state index in [4.69, 9.17) is 0 Å². The minimum absolute atomic E-state index is 0.0646. The van der Waals surface area contributed by atoms with Crippen LogP contribution in [0.1, 0.15) is 48.7 Å². The first-order valence-electron chi connectivity index (χ1n) is 10.2. The quantitative estimate of drug-likeness (QED) is 0.788. The summed E-state index contributed by atoms with van der Waals surface area (Å²) in [7, 11) is 0. The first-order chi connectivity index (χ1) is 13.8. The lowest BCUT2D eigenvalue weighted by atomic mass is 9.87. The highest BCUT2D eigenvalue weighted by Gasteiger charge is 2.21. The number of nitrogens with one attached hydrogen (secondary N) is 1. The van der Waals surface area contributed by atoms with Crippen LogP contribution in [-0.4, -0.2) is 54.3 Å². The van der Waals surface area contributed by atoms with E-state index < -0.39 is 0 Å². The van der Waals surface area contributed by atoms with Crippen molar-refractivity contribution < 1.29 is 9.59 Å². The summed E-state index contributed by atoms with van der Waals surface area (Å²) in [5.74, 6) is -0.0117. The summed E-state index contributed by atoms with van der Waals surface area (Å²) >= 11 is 1.72. The molecule has 1 fully saturated rings. The zero-order valence-corrected chi connectivity index (χ0v) is 18.4. The van der Waals surface area contributed by atoms with Crippen molar-refractivity contribution in [3.8, 4) is 0 Å². The summed E-state index contributed by atoms with van der Waals surface area (Å²) in [5, 5.41) is 7.15. The second-order valence-electron chi connectivity index (χ2n) is 8.62. The Morgan fingerprint density at radius 3 is 2.31 bits per heavy atom. The van der Waals surface area contributed by atoms with Gasteiger partial charge in [0.1, 0.15) is 0 Å². The monoisotopic (exact) mass is 413 g/mol. The first-order valence-corrected chi connectivity index (χ1v) is 11.2. The van der Waals surface area contributed by atoms with E-state index in [2.05, 4.69) is 47.8 Å². The van der Waals surface area contributed by atoms with Gasteiger partial charge in [-0.1, -0.05) is 32.9 Å². The molecule has 3 rings (SSSR count). The van der Waals surface area contributed by atoms with Crippen LogP contribution in [0.5, 0.6) is 0 Å². The van der Waals surface area contributed by atoms with Gasteiger partial charge >= 0.3 is 0 Å². The minimum Gasteiger partial charge on any atom is -0.352 e. The Kier molecular flexibility index (Phi) is 7.09. The Labute approximate surface area is 177 Å². The van der Waals surface area contributed by atoms with E-state index in [9.17, 15) is 9.59 Å². The fourth-order valence-electron chi connectivity index (χ4n) is 3.46. The Balaban J connectivity index is 1.38. The number of piperazine rings is 1. The Bertz CT molecular complexity index is 802. The molecular weight excluding hydrogens is 382 g/mol. The highest BCUT2D eigenvalue weighted by Crippen LogP contribution is 2.22. The molecule has 0 bridgehead atoms. The van der Waals surface area contributed by atoms with Crippen LogP contribution in [0.4, 0.5) is 0 Å². The number of nitrogens with zero attached hydrogens (tertiary/aromatic N) is 2. The van der Waals surface area contributed by atoms with Crippen LogP contribution in [0.15, 0.2) is 41.1 Å². The van der Waals surface area contributed by atoms with Crippen molar-refractivity contribution in [2.75, 3.05) is 32.7 Å². The van der Waals surface area contributed by atoms with E-state index in [-0.39, 0.29) is 17.2 Å². The van der Waals surface area contributed by atoms with Gasteiger partial charge in [0.05, 0.1) is 0 Å². The number of benzene rings is 1. The maximum absolute atomic E-state index is 12.5. The highest BCUT2D eigenvalue weighted by molar-refractivity contribution is 7.07. The Morgan fingerprint density at radius 1 is 1.03 bits per heavy atom. The van der Waals surface area contributed by atoms with Gasteiger partial charge in [-0.15, -0.1) is 0 Å². The summed E-state index contributed by atoms with van der Waals surface area (Å²) < 4.78 is 0. The topological polar surface area (TPSA) is 52.7 Å². The zero-order chi connectivity index (χ0) is 20.9. The largest absolute Gasteiger partial charge is 0.352 e. The molecule has 2 amide bonds. The lowest BCUT2D eigenvalue weighted by Crippen LogP contribution is -2.48. The van der Waals surface area contributed by atoms with Gasteiger partial charge < -0.3 is 10.2 Å². The van der Waals surface area contributed by atoms with Crippen molar-refractivity contribution >= 4 is 23.2 Å². The number of hydrogen-bond acceptors (Lipinski definition) is 4. The number of amides is 2. The smallest absolute Gasteiger partial charge is 0.251 e. The van der Waals surface area contributed by atoms with Crippen molar-refractivity contribution in [3.05, 3.63) is 57.8 Å². The summed E-state index contributed by atoms with van der Waals surface area (Å²) in [4.78, 5) is 29.1. The van der Waals surface area contributed by atoms with Gasteiger partial charge in [0.15, 0.2) is 0 Å². The normalized spacial score (nSPS) is 15.3. The van der Waals surface area contributed by atoms with Crippen LogP contribution >= 0.6 is 11.3 Å². The molecule has 0 unspecified atom stereocenters. The second kappa shape index (κ2) is 9.55. The van der Waals surface area contributed by atoms with E-state index in [0.717, 1.165) is 32.7 Å². The highest BCUT2D eigenvalue weighted by atomic mass is 32.1. The molecule has 0 aliphatic carbocycles. The molecule has 1 aliphatic rings. The van der Waals surface area contributed by atoms with Crippen LogP contribution in [0.3, 0.4) is 0 Å². The van der Waals surface area contributed by atoms with Gasteiger partial charge in [-0.05, 0) is 45.5 Å². The van der Waals surface area contributed by atoms with Crippen molar-refractivity contribution in [2.24, 2.45) is 0 Å². The van der Waals surface area contributed by atoms with Gasteiger partial charge in [0.25, 0.3) is 5.91 Å². The number of hydrogen-bond donors (Lipinski definition) is 1. The summed E-state index contributed by atoms with van der Waals surface area (Å²) in [6, 6.07) is 9.85. The molecular formula is C23H31N3O2S. The fraction of sp³-hybridized carbons (Fsp3) is 0.478. The van der Waals surface area contributed by atoms with Crippen molar-refractivity contribution in [3.63, 3.8) is 0 Å². The molecule has 0 atom stereocenters. The molecule has 1 N–H and O–H groups in total. The Morgan fingerprint density at radius 2 is 1.72 bits per heavy atom. The lowest BCUT2D eigenvalue weighted by Gasteiger charge is -2.34. The van der Waals surface area contributed by atoms with Crippen molar-refractivity contribution in [2.45, 2.75) is 39.2 Å². The molecule has 1 saturated heterocycles. The number of carbonyl (C=O) groups excluding carboxylic acids is 2. The van der Waals surface area contributed by atoms with Gasteiger partial charge in [0.2, 0.25) is 5.91 Å². The van der Waals surface area contributed by atoms with Crippen molar-refractivity contribution in [1.29, 1.82) is 0 Å². The van der Waals surface area contributed by atoms with E-state index in [1.54, 1.807) is 11.3 Å². The molecule has 2 aromatic rings. The SMILES string of the molecule is CC(C)(C)c1ccc(C(=O)NCCC(=O)N2CCN(Cc3ccsc3)CC2)cc1. The summed E-state index contributed by atoms with van der Waals surface area (Å²) in [6.45, 7) is 11.1. The van der Waals surface area contributed by atoms with Gasteiger partial charge in [-0.25, -0.2) is 0 Å². The predicted octanol–water partition coefficient (Wildman–Crippen LogP) is 3.51. The van der Waals surface area contributed by atoms with Crippen LogP contribution in [-0.2, 0) is 16.8 Å². The van der Waals surface area contributed by atoms with Crippen LogP contribution in [0.2, 0.25) is 0 Å². The molecule has 0 spiro atoms. The third-order valence-electron chi connectivity index (χ3n) is 5.35. The molecule has 29 heavy (non-hydrogen) atoms. The molecule has 1 aliphatic heterocycles. The standard InChI is InChI=1S/C23H31N3O2S/c1-23(2,3)20-6-4-19(5-7-20)22(28)24-10-8-21(27)26-13-11-25(12-14-26)16-18-9-15-29-17-18/h4-7,9,15,17H,8,10-14,16H2,1-3H3,(H,24,28). The zero-order valence-electron chi connectivity index (χ0n) is 17.6. The van der Waals surface area contributed by atoms with Gasteiger partial charge in [-0.3, -0.25) is 14.5 Å². The predicted molar refractivity (Wildman–Crippen MR) is 118 cm³/mol. The van der Waals surface area contributed by atoms with Crippen LogP contribution in [0, 0.1) is 0 Å². The first kappa shape index (κ1) is 21.5. The molecule has 1 aromatic carbocycles. The van der Waals surface area contributed by atoms with E-state index in [1.165, 1.54) is 11.1 Å². The fourth-order valence-corrected chi connectivity index (χ4v) is 4.12. The van der Waals surface area contributed by atoms with Crippen LogP contribution in [0.25, 0.3) is 0 Å². The average Bonchev–Trinajstić information content (AvgIpc) is 3.21. The number of carbonyl (C=O) groups is 2. The maximum atomic E-state index is 12.5. The van der Waals surface area contributed by atoms with E-state index >= 15 is 0 Å². The number of thiophene rings is 1. The molecule has 0 radical (unpaired) electrons. The molecule has 1 aromatic heterocycles. The molecule has 6 heteroatoms. The van der Waals surface area contributed by atoms with Crippen LogP contribution < -0.4 is 5.32 Å². The second-order valence-corrected chi connectivity index (χ2v) is 9.40. The Hall–Kier alpha value is -2.18. The van der Waals surface area contributed by atoms with Crippen molar-refractivity contribution in [1.82, 2.24) is 15.1 Å². The molecule has 156 valence electrons. The van der Waals surface area contributed by atoms with Gasteiger partial charge in [0, 0.05) is 51.3 Å². The lowest BCUT2D eigenvalue weighted by molar-refractivity contribution is -0.132. The summed E-state index contributed by atoms with van der Waals surface area (Å²) in [5.41, 5.74) is 3.23. The van der Waals surface area contributed by atoms with E-state index in [1.807, 2.05) is 29.2 Å². The average molecular weight is 414 g/mol. The molecule has 5 nitrogen and oxygen atoms in total. The molecule has 2 heterocycles. The number of rotatable bonds is 6. The molecule has 0 saturated carbocycles.